The Balaban J connectivity index is 2.75. The average molecular weight is 206 g/mol. The normalized spacial score (nSPS) is 21.3. The van der Waals surface area contributed by atoms with Crippen molar-refractivity contribution < 1.29 is 4.79 Å². The highest BCUT2D eigenvalue weighted by Crippen LogP contribution is 2.29. The lowest BCUT2D eigenvalue weighted by atomic mass is 9.80. The Morgan fingerprint density at radius 2 is 1.87 bits per heavy atom. The lowest BCUT2D eigenvalue weighted by Gasteiger charge is -2.23. The summed E-state index contributed by atoms with van der Waals surface area (Å²) in [5.41, 5.74) is 1.33. The molecule has 1 heteroatoms. The molecule has 0 fully saturated rings. The topological polar surface area (TPSA) is 17.1 Å². The third kappa shape index (κ3) is 3.65. The van der Waals surface area contributed by atoms with Crippen LogP contribution in [0.5, 0.6) is 0 Å². The molecule has 1 nitrogen and oxygen atoms in total. The molecule has 0 bridgehead atoms. The number of carbonyl (C=O) groups excluding carboxylic acids is 1. The number of hydrogen-bond acceptors (Lipinski definition) is 1. The van der Waals surface area contributed by atoms with Gasteiger partial charge in [0, 0.05) is 5.92 Å². The quantitative estimate of drug-likeness (QED) is 0.684. The molecular weight excluding hydrogens is 184 g/mol. The molecule has 15 heavy (non-hydrogen) atoms. The van der Waals surface area contributed by atoms with Gasteiger partial charge in [-0.15, -0.1) is 0 Å². The Kier molecular flexibility index (Phi) is 4.31. The zero-order valence-electron chi connectivity index (χ0n) is 10.3. The predicted octanol–water partition coefficient (Wildman–Crippen LogP) is 3.76. The summed E-state index contributed by atoms with van der Waals surface area (Å²) in [7, 11) is 0. The molecule has 0 saturated carbocycles. The number of hydrogen-bond donors (Lipinski definition) is 0. The van der Waals surface area contributed by atoms with E-state index in [0.29, 0.717) is 17.6 Å². The molecule has 1 rings (SSSR count). The first-order valence-corrected chi connectivity index (χ1v) is 5.91. The zero-order valence-corrected chi connectivity index (χ0v) is 10.3. The summed E-state index contributed by atoms with van der Waals surface area (Å²) in [6, 6.07) is 0. The van der Waals surface area contributed by atoms with Gasteiger partial charge in [0.15, 0.2) is 5.78 Å². The molecule has 0 aliphatic heterocycles. The van der Waals surface area contributed by atoms with Crippen LogP contribution in [-0.4, -0.2) is 5.78 Å². The molecule has 0 aromatic heterocycles. The number of ketones is 1. The first-order chi connectivity index (χ1) is 7.00. The lowest BCUT2D eigenvalue weighted by molar-refractivity contribution is -0.117. The fraction of sp³-hybridized carbons (Fsp3) is 0.643. The van der Waals surface area contributed by atoms with Crippen LogP contribution in [0.25, 0.3) is 0 Å². The lowest BCUT2D eigenvalue weighted by Crippen LogP contribution is -2.20. The smallest absolute Gasteiger partial charge is 0.162 e. The van der Waals surface area contributed by atoms with Crippen LogP contribution in [0, 0.1) is 17.8 Å². The maximum absolute atomic E-state index is 11.8. The van der Waals surface area contributed by atoms with Crippen LogP contribution in [0.1, 0.15) is 40.5 Å². The molecule has 0 spiro atoms. The summed E-state index contributed by atoms with van der Waals surface area (Å²) in [5.74, 6) is 1.66. The highest BCUT2D eigenvalue weighted by molar-refractivity contribution is 5.95. The largest absolute Gasteiger partial charge is 0.294 e. The standard InChI is InChI=1S/C14H22O/c1-10(2)8-12-6-5-7-14(15)13(12)9-11(3)4/h5-7,10-11,13H,8-9H2,1-4H3. The van der Waals surface area contributed by atoms with E-state index >= 15 is 0 Å². The van der Waals surface area contributed by atoms with Crippen molar-refractivity contribution in [1.29, 1.82) is 0 Å². The SMILES string of the molecule is CC(C)CC1=CC=CC(=O)C1CC(C)C. The predicted molar refractivity (Wildman–Crippen MR) is 64.6 cm³/mol. The highest BCUT2D eigenvalue weighted by atomic mass is 16.1. The van der Waals surface area contributed by atoms with Gasteiger partial charge in [-0.25, -0.2) is 0 Å². The van der Waals surface area contributed by atoms with E-state index in [-0.39, 0.29) is 5.92 Å². The van der Waals surface area contributed by atoms with Crippen LogP contribution in [0.15, 0.2) is 23.8 Å². The molecule has 0 amide bonds. The molecule has 84 valence electrons. The number of rotatable bonds is 4. The Morgan fingerprint density at radius 1 is 1.20 bits per heavy atom. The van der Waals surface area contributed by atoms with Gasteiger partial charge < -0.3 is 0 Å². The first kappa shape index (κ1) is 12.2. The van der Waals surface area contributed by atoms with Crippen molar-refractivity contribution in [3.05, 3.63) is 23.8 Å². The minimum atomic E-state index is 0.150. The minimum absolute atomic E-state index is 0.150. The minimum Gasteiger partial charge on any atom is -0.294 e. The van der Waals surface area contributed by atoms with Crippen LogP contribution in [0.3, 0.4) is 0 Å². The zero-order chi connectivity index (χ0) is 11.4. The van der Waals surface area contributed by atoms with Gasteiger partial charge in [-0.3, -0.25) is 4.79 Å². The van der Waals surface area contributed by atoms with Gasteiger partial charge in [0.05, 0.1) is 0 Å². The van der Waals surface area contributed by atoms with Gasteiger partial charge in [0.25, 0.3) is 0 Å². The Bertz CT molecular complexity index is 282. The van der Waals surface area contributed by atoms with Gasteiger partial charge in [-0.1, -0.05) is 45.4 Å². The third-order valence-electron chi connectivity index (χ3n) is 2.71. The van der Waals surface area contributed by atoms with E-state index in [1.54, 1.807) is 6.08 Å². The molecule has 1 aliphatic carbocycles. The second-order valence-electron chi connectivity index (χ2n) is 5.28. The van der Waals surface area contributed by atoms with E-state index in [4.69, 9.17) is 0 Å². The maximum atomic E-state index is 11.8. The first-order valence-electron chi connectivity index (χ1n) is 5.91. The van der Waals surface area contributed by atoms with Crippen LogP contribution >= 0.6 is 0 Å². The highest BCUT2D eigenvalue weighted by Gasteiger charge is 2.24. The van der Waals surface area contributed by atoms with Crippen LogP contribution in [0.4, 0.5) is 0 Å². The molecular formula is C14H22O. The van der Waals surface area contributed by atoms with Crippen molar-refractivity contribution in [3.8, 4) is 0 Å². The molecule has 0 heterocycles. The maximum Gasteiger partial charge on any atom is 0.162 e. The van der Waals surface area contributed by atoms with Crippen molar-refractivity contribution in [2.75, 3.05) is 0 Å². The van der Waals surface area contributed by atoms with E-state index in [1.807, 2.05) is 6.08 Å². The van der Waals surface area contributed by atoms with E-state index in [1.165, 1.54) is 5.57 Å². The summed E-state index contributed by atoms with van der Waals surface area (Å²) < 4.78 is 0. The molecule has 1 atom stereocenters. The monoisotopic (exact) mass is 206 g/mol. The fourth-order valence-electron chi connectivity index (χ4n) is 2.10. The summed E-state index contributed by atoms with van der Waals surface area (Å²) in [4.78, 5) is 11.8. The summed E-state index contributed by atoms with van der Waals surface area (Å²) in [6.07, 6.45) is 7.79. The summed E-state index contributed by atoms with van der Waals surface area (Å²) >= 11 is 0. The third-order valence-corrected chi connectivity index (χ3v) is 2.71. The molecule has 0 aromatic carbocycles. The van der Waals surface area contributed by atoms with Gasteiger partial charge in [-0.2, -0.15) is 0 Å². The Morgan fingerprint density at radius 3 is 2.40 bits per heavy atom. The van der Waals surface area contributed by atoms with Crippen molar-refractivity contribution >= 4 is 5.78 Å². The van der Waals surface area contributed by atoms with Gasteiger partial charge >= 0.3 is 0 Å². The molecule has 0 saturated heterocycles. The molecule has 0 aromatic rings. The Labute approximate surface area is 93.3 Å². The average Bonchev–Trinajstić information content (AvgIpc) is 2.09. The van der Waals surface area contributed by atoms with Crippen LogP contribution in [0.2, 0.25) is 0 Å². The summed E-state index contributed by atoms with van der Waals surface area (Å²) in [6.45, 7) is 8.77. The van der Waals surface area contributed by atoms with Gasteiger partial charge in [0.1, 0.15) is 0 Å². The van der Waals surface area contributed by atoms with E-state index in [9.17, 15) is 4.79 Å². The van der Waals surface area contributed by atoms with E-state index < -0.39 is 0 Å². The molecule has 1 aliphatic rings. The van der Waals surface area contributed by atoms with E-state index in [2.05, 4.69) is 33.8 Å². The van der Waals surface area contributed by atoms with Crippen LogP contribution in [-0.2, 0) is 4.79 Å². The van der Waals surface area contributed by atoms with Gasteiger partial charge in [0.2, 0.25) is 0 Å². The molecule has 0 N–H and O–H groups in total. The van der Waals surface area contributed by atoms with Crippen molar-refractivity contribution in [3.63, 3.8) is 0 Å². The Hall–Kier alpha value is -0.850. The van der Waals surface area contributed by atoms with Crippen molar-refractivity contribution in [1.82, 2.24) is 0 Å². The fourth-order valence-corrected chi connectivity index (χ4v) is 2.10. The number of allylic oxidation sites excluding steroid dienone is 4. The van der Waals surface area contributed by atoms with Crippen LogP contribution < -0.4 is 0 Å². The second kappa shape index (κ2) is 5.29. The van der Waals surface area contributed by atoms with Gasteiger partial charge in [-0.05, 0) is 30.8 Å². The number of carbonyl (C=O) groups is 1. The molecule has 1 unspecified atom stereocenters. The summed E-state index contributed by atoms with van der Waals surface area (Å²) in [5, 5.41) is 0. The van der Waals surface area contributed by atoms with E-state index in [0.717, 1.165) is 12.8 Å². The molecule has 0 radical (unpaired) electrons. The second-order valence-corrected chi connectivity index (χ2v) is 5.28. The van der Waals surface area contributed by atoms with Crippen molar-refractivity contribution in [2.45, 2.75) is 40.5 Å². The van der Waals surface area contributed by atoms with Crippen molar-refractivity contribution in [2.24, 2.45) is 17.8 Å².